The summed E-state index contributed by atoms with van der Waals surface area (Å²) in [6, 6.07) is 8.62. The highest BCUT2D eigenvalue weighted by Crippen LogP contribution is 1.97. The Hall–Kier alpha value is -1.53. The van der Waals surface area contributed by atoms with E-state index in [4.69, 9.17) is 14.0 Å². The number of carbonyl (C=O) groups is 1. The SMILES string of the molecule is CS(=O)[O-].O=C(C=NO)c1ccccc1. The molecule has 82 valence electrons. The highest BCUT2D eigenvalue weighted by molar-refractivity contribution is 7.78. The summed E-state index contributed by atoms with van der Waals surface area (Å²) < 4.78 is 18.0. The number of ketones is 1. The van der Waals surface area contributed by atoms with Gasteiger partial charge in [-0.15, -0.1) is 0 Å². The number of rotatable bonds is 2. The van der Waals surface area contributed by atoms with Crippen LogP contribution in [0.1, 0.15) is 10.4 Å². The zero-order valence-electron chi connectivity index (χ0n) is 7.99. The van der Waals surface area contributed by atoms with E-state index in [-0.39, 0.29) is 5.78 Å². The van der Waals surface area contributed by atoms with Gasteiger partial charge in [-0.25, -0.2) is 0 Å². The summed E-state index contributed by atoms with van der Waals surface area (Å²) in [6.45, 7) is 0. The number of benzene rings is 1. The quantitative estimate of drug-likeness (QED) is 0.267. The fourth-order valence-electron chi connectivity index (χ4n) is 0.729. The van der Waals surface area contributed by atoms with Crippen LogP contribution in [0.25, 0.3) is 0 Å². The smallest absolute Gasteiger partial charge is 0.207 e. The summed E-state index contributed by atoms with van der Waals surface area (Å²) >= 11 is -1.86. The Morgan fingerprint density at radius 2 is 1.93 bits per heavy atom. The number of carbonyl (C=O) groups excluding carboxylic acids is 1. The molecular weight excluding hydrogens is 218 g/mol. The Kier molecular flexibility index (Phi) is 7.04. The van der Waals surface area contributed by atoms with Crippen LogP contribution in [0.4, 0.5) is 0 Å². The molecule has 0 heterocycles. The van der Waals surface area contributed by atoms with Gasteiger partial charge in [0.25, 0.3) is 0 Å². The maximum atomic E-state index is 10.9. The molecular formula is C9H10NO4S-. The van der Waals surface area contributed by atoms with Crippen LogP contribution in [-0.2, 0) is 11.1 Å². The minimum absolute atomic E-state index is 0.298. The fourth-order valence-corrected chi connectivity index (χ4v) is 0.729. The molecule has 1 atom stereocenters. The minimum Gasteiger partial charge on any atom is -0.773 e. The number of nitrogens with zero attached hydrogens (tertiary/aromatic N) is 1. The van der Waals surface area contributed by atoms with Gasteiger partial charge in [0.2, 0.25) is 5.78 Å². The second-order valence-electron chi connectivity index (χ2n) is 2.38. The highest BCUT2D eigenvalue weighted by Gasteiger charge is 1.98. The molecule has 6 heteroatoms. The van der Waals surface area contributed by atoms with Crippen LogP contribution in [0.5, 0.6) is 0 Å². The summed E-state index contributed by atoms with van der Waals surface area (Å²) in [5.74, 6) is -0.298. The van der Waals surface area contributed by atoms with Crippen molar-refractivity contribution in [1.29, 1.82) is 0 Å². The van der Waals surface area contributed by atoms with Gasteiger partial charge in [0, 0.05) is 5.56 Å². The predicted octanol–water partition coefficient (Wildman–Crippen LogP) is 0.825. The number of Topliss-reactive ketones (excluding diaryl/α,β-unsaturated/α-hetero) is 1. The second kappa shape index (κ2) is 7.84. The highest BCUT2D eigenvalue weighted by atomic mass is 32.2. The summed E-state index contributed by atoms with van der Waals surface area (Å²) in [5.41, 5.74) is 0.519. The Bertz CT molecular complexity index is 346. The summed E-state index contributed by atoms with van der Waals surface area (Å²) in [7, 11) is 0. The van der Waals surface area contributed by atoms with Gasteiger partial charge < -0.3 is 9.76 Å². The van der Waals surface area contributed by atoms with E-state index in [1.165, 1.54) is 0 Å². The normalized spacial score (nSPS) is 11.6. The lowest BCUT2D eigenvalue weighted by Crippen LogP contribution is -1.98. The standard InChI is InChI=1S/C8H7NO2.CH4O2S/c10-8(6-9-11)7-4-2-1-3-5-7;1-4(2)3/h1-6,11H;1H3,(H,2,3)/p-1. The molecule has 1 rings (SSSR count). The van der Waals surface area contributed by atoms with Crippen LogP contribution in [0.2, 0.25) is 0 Å². The average molecular weight is 228 g/mol. The maximum Gasteiger partial charge on any atom is 0.207 e. The molecule has 0 aliphatic carbocycles. The van der Waals surface area contributed by atoms with Crippen LogP contribution in [0.3, 0.4) is 0 Å². The molecule has 0 saturated heterocycles. The van der Waals surface area contributed by atoms with Crippen molar-refractivity contribution in [2.75, 3.05) is 6.26 Å². The average Bonchev–Trinajstić information content (AvgIpc) is 2.19. The van der Waals surface area contributed by atoms with Crippen LogP contribution >= 0.6 is 0 Å². The van der Waals surface area contributed by atoms with E-state index in [1.807, 2.05) is 6.07 Å². The molecule has 0 bridgehead atoms. The molecule has 1 unspecified atom stereocenters. The second-order valence-corrected chi connectivity index (χ2v) is 3.18. The molecule has 1 aromatic carbocycles. The van der Waals surface area contributed by atoms with Crippen molar-refractivity contribution in [3.05, 3.63) is 35.9 Å². The van der Waals surface area contributed by atoms with Gasteiger partial charge in [-0.05, 0) is 6.26 Å². The van der Waals surface area contributed by atoms with Crippen molar-refractivity contribution < 1.29 is 18.8 Å². The Labute approximate surface area is 89.7 Å². The van der Waals surface area contributed by atoms with Crippen molar-refractivity contribution in [3.63, 3.8) is 0 Å². The third-order valence-electron chi connectivity index (χ3n) is 1.23. The van der Waals surface area contributed by atoms with E-state index in [0.717, 1.165) is 12.5 Å². The zero-order chi connectivity index (χ0) is 11.7. The largest absolute Gasteiger partial charge is 0.773 e. The van der Waals surface area contributed by atoms with Crippen LogP contribution in [0, 0.1) is 0 Å². The molecule has 0 saturated carbocycles. The monoisotopic (exact) mass is 228 g/mol. The zero-order valence-corrected chi connectivity index (χ0v) is 8.81. The first-order chi connectivity index (χ1) is 7.07. The molecule has 0 amide bonds. The van der Waals surface area contributed by atoms with Crippen LogP contribution < -0.4 is 0 Å². The molecule has 0 aromatic heterocycles. The first-order valence-electron chi connectivity index (χ1n) is 3.85. The fraction of sp³-hybridized carbons (Fsp3) is 0.111. The van der Waals surface area contributed by atoms with E-state index in [2.05, 4.69) is 5.16 Å². The van der Waals surface area contributed by atoms with E-state index in [0.29, 0.717) is 5.56 Å². The molecule has 0 aliphatic heterocycles. The van der Waals surface area contributed by atoms with Crippen LogP contribution in [0.15, 0.2) is 35.5 Å². The molecule has 15 heavy (non-hydrogen) atoms. The number of hydrogen-bond acceptors (Lipinski definition) is 5. The molecule has 0 aliphatic rings. The minimum atomic E-state index is -1.86. The van der Waals surface area contributed by atoms with Crippen LogP contribution in [-0.4, -0.2) is 32.2 Å². The van der Waals surface area contributed by atoms with Gasteiger partial charge in [-0.1, -0.05) is 46.6 Å². The van der Waals surface area contributed by atoms with Crippen molar-refractivity contribution in [1.82, 2.24) is 0 Å². The lowest BCUT2D eigenvalue weighted by molar-refractivity contribution is 0.106. The van der Waals surface area contributed by atoms with Crippen molar-refractivity contribution in [3.8, 4) is 0 Å². The van der Waals surface area contributed by atoms with Gasteiger partial charge in [0.1, 0.15) is 6.21 Å². The Morgan fingerprint density at radius 3 is 2.33 bits per heavy atom. The number of hydrogen-bond donors (Lipinski definition) is 1. The van der Waals surface area contributed by atoms with Gasteiger partial charge in [0.05, 0.1) is 0 Å². The first-order valence-corrected chi connectivity index (χ1v) is 5.34. The topological polar surface area (TPSA) is 89.8 Å². The molecule has 0 radical (unpaired) electrons. The van der Waals surface area contributed by atoms with E-state index < -0.39 is 11.1 Å². The van der Waals surface area contributed by atoms with E-state index >= 15 is 0 Å². The molecule has 5 nitrogen and oxygen atoms in total. The maximum absolute atomic E-state index is 10.9. The van der Waals surface area contributed by atoms with Crippen molar-refractivity contribution >= 4 is 23.1 Å². The molecule has 0 fully saturated rings. The lowest BCUT2D eigenvalue weighted by atomic mass is 10.1. The van der Waals surface area contributed by atoms with E-state index in [9.17, 15) is 4.79 Å². The molecule has 1 N–H and O–H groups in total. The third-order valence-corrected chi connectivity index (χ3v) is 1.23. The van der Waals surface area contributed by atoms with Gasteiger partial charge >= 0.3 is 0 Å². The predicted molar refractivity (Wildman–Crippen MR) is 55.9 cm³/mol. The van der Waals surface area contributed by atoms with Crippen molar-refractivity contribution in [2.24, 2.45) is 5.16 Å². The lowest BCUT2D eigenvalue weighted by Gasteiger charge is -1.90. The summed E-state index contributed by atoms with van der Waals surface area (Å²) in [4.78, 5) is 10.9. The summed E-state index contributed by atoms with van der Waals surface area (Å²) in [5, 5.41) is 10.7. The van der Waals surface area contributed by atoms with E-state index in [1.54, 1.807) is 24.3 Å². The summed E-state index contributed by atoms with van der Waals surface area (Å²) in [6.07, 6.45) is 1.95. The Morgan fingerprint density at radius 1 is 1.47 bits per heavy atom. The van der Waals surface area contributed by atoms with Gasteiger partial charge in [0.15, 0.2) is 0 Å². The third kappa shape index (κ3) is 7.53. The van der Waals surface area contributed by atoms with Gasteiger partial charge in [-0.2, -0.15) is 0 Å². The molecule has 1 aromatic rings. The first kappa shape index (κ1) is 13.5. The van der Waals surface area contributed by atoms with Crippen molar-refractivity contribution in [2.45, 2.75) is 0 Å². The molecule has 0 spiro atoms. The Balaban J connectivity index is 0.000000423. The van der Waals surface area contributed by atoms with Gasteiger partial charge in [-0.3, -0.25) is 9.00 Å². The number of oxime groups is 1.